The van der Waals surface area contributed by atoms with Gasteiger partial charge in [-0.3, -0.25) is 14.9 Å². The summed E-state index contributed by atoms with van der Waals surface area (Å²) in [6, 6.07) is 2.21. The summed E-state index contributed by atoms with van der Waals surface area (Å²) < 4.78 is 0. The van der Waals surface area contributed by atoms with E-state index in [2.05, 4.69) is 27.1 Å². The quantitative estimate of drug-likeness (QED) is 0.894. The van der Waals surface area contributed by atoms with E-state index in [0.29, 0.717) is 0 Å². The van der Waals surface area contributed by atoms with Crippen LogP contribution in [0.2, 0.25) is 0 Å². The maximum atomic E-state index is 4.52. The van der Waals surface area contributed by atoms with Crippen molar-refractivity contribution in [2.75, 3.05) is 6.54 Å². The molecule has 1 aromatic rings. The Hall–Kier alpha value is -1.00. The average Bonchev–Trinajstić information content (AvgIpc) is 2.70. The number of aryl methyl sites for hydroxylation is 1. The van der Waals surface area contributed by atoms with E-state index in [4.69, 9.17) is 0 Å². The molecule has 0 spiro atoms. The van der Waals surface area contributed by atoms with Crippen LogP contribution in [0.15, 0.2) is 12.4 Å². The first-order chi connectivity index (χ1) is 9.76. The van der Waals surface area contributed by atoms with Gasteiger partial charge in [-0.2, -0.15) is 0 Å². The monoisotopic (exact) mass is 274 g/mol. The van der Waals surface area contributed by atoms with Crippen molar-refractivity contribution in [2.45, 2.75) is 70.6 Å². The van der Waals surface area contributed by atoms with Gasteiger partial charge in [0.15, 0.2) is 0 Å². The third-order valence-corrected chi connectivity index (χ3v) is 4.75. The lowest BCUT2D eigenvalue weighted by Gasteiger charge is -2.39. The van der Waals surface area contributed by atoms with Gasteiger partial charge in [-0.25, -0.2) is 0 Å². The Labute approximate surface area is 122 Å². The van der Waals surface area contributed by atoms with Crippen molar-refractivity contribution >= 4 is 0 Å². The second-order valence-electron chi connectivity index (χ2n) is 6.33. The number of hydrogen-bond acceptors (Lipinski definition) is 4. The van der Waals surface area contributed by atoms with Crippen LogP contribution >= 0.6 is 0 Å². The Kier molecular flexibility index (Phi) is 4.32. The minimum atomic E-state index is 0.729. The Morgan fingerprint density at radius 2 is 1.95 bits per heavy atom. The van der Waals surface area contributed by atoms with Crippen molar-refractivity contribution in [1.82, 2.24) is 20.2 Å². The minimum Gasteiger partial charge on any atom is -0.314 e. The highest BCUT2D eigenvalue weighted by Gasteiger charge is 2.40. The van der Waals surface area contributed by atoms with Gasteiger partial charge in [0.2, 0.25) is 0 Å². The molecule has 2 unspecified atom stereocenters. The topological polar surface area (TPSA) is 41.0 Å². The number of piperidine rings is 1. The van der Waals surface area contributed by atoms with Crippen LogP contribution in [0.5, 0.6) is 0 Å². The number of aromatic nitrogens is 2. The van der Waals surface area contributed by atoms with Crippen molar-refractivity contribution < 1.29 is 0 Å². The van der Waals surface area contributed by atoms with E-state index >= 15 is 0 Å². The van der Waals surface area contributed by atoms with Crippen LogP contribution in [0.1, 0.15) is 50.4 Å². The molecule has 0 saturated carbocycles. The highest BCUT2D eigenvalue weighted by atomic mass is 15.2. The highest BCUT2D eigenvalue weighted by molar-refractivity contribution is 5.04. The largest absolute Gasteiger partial charge is 0.314 e. The maximum absolute atomic E-state index is 4.52. The van der Waals surface area contributed by atoms with Gasteiger partial charge in [0.05, 0.1) is 11.4 Å². The van der Waals surface area contributed by atoms with Crippen LogP contribution in [0, 0.1) is 6.92 Å². The SMILES string of the molecule is CCCNC1CC2CCC(C1)N2Cc1cnc(C)cn1. The molecule has 2 aliphatic heterocycles. The summed E-state index contributed by atoms with van der Waals surface area (Å²) in [5.74, 6) is 0. The Balaban J connectivity index is 1.60. The lowest BCUT2D eigenvalue weighted by Crippen LogP contribution is -2.48. The lowest BCUT2D eigenvalue weighted by molar-refractivity contribution is 0.108. The van der Waals surface area contributed by atoms with Gasteiger partial charge in [-0.05, 0) is 45.6 Å². The Morgan fingerprint density at radius 3 is 2.55 bits per heavy atom. The van der Waals surface area contributed by atoms with Gasteiger partial charge in [0.25, 0.3) is 0 Å². The minimum absolute atomic E-state index is 0.729. The molecule has 1 N–H and O–H groups in total. The zero-order valence-corrected chi connectivity index (χ0v) is 12.7. The predicted molar refractivity (Wildman–Crippen MR) is 80.4 cm³/mol. The fourth-order valence-electron chi connectivity index (χ4n) is 3.74. The van der Waals surface area contributed by atoms with E-state index in [1.54, 1.807) is 0 Å². The van der Waals surface area contributed by atoms with Crippen molar-refractivity contribution in [3.05, 3.63) is 23.8 Å². The fraction of sp³-hybridized carbons (Fsp3) is 0.750. The van der Waals surface area contributed by atoms with E-state index < -0.39 is 0 Å². The van der Waals surface area contributed by atoms with Crippen molar-refractivity contribution in [2.24, 2.45) is 0 Å². The number of rotatable bonds is 5. The molecule has 2 fully saturated rings. The van der Waals surface area contributed by atoms with Crippen molar-refractivity contribution in [1.29, 1.82) is 0 Å². The number of hydrogen-bond donors (Lipinski definition) is 1. The zero-order valence-electron chi connectivity index (χ0n) is 12.7. The molecule has 2 atom stereocenters. The Bertz CT molecular complexity index is 417. The van der Waals surface area contributed by atoms with Crippen LogP contribution in [-0.4, -0.2) is 39.5 Å². The third-order valence-electron chi connectivity index (χ3n) is 4.75. The van der Waals surface area contributed by atoms with E-state index in [0.717, 1.165) is 42.6 Å². The second kappa shape index (κ2) is 6.19. The summed E-state index contributed by atoms with van der Waals surface area (Å²) >= 11 is 0. The van der Waals surface area contributed by atoms with Crippen molar-refractivity contribution in [3.63, 3.8) is 0 Å². The van der Waals surface area contributed by atoms with Crippen LogP contribution < -0.4 is 5.32 Å². The molecule has 110 valence electrons. The molecular weight excluding hydrogens is 248 g/mol. The molecule has 0 amide bonds. The highest BCUT2D eigenvalue weighted by Crippen LogP contribution is 2.36. The van der Waals surface area contributed by atoms with Crippen LogP contribution in [0.25, 0.3) is 0 Å². The summed E-state index contributed by atoms with van der Waals surface area (Å²) in [5.41, 5.74) is 2.12. The number of nitrogens with zero attached hydrogens (tertiary/aromatic N) is 3. The van der Waals surface area contributed by atoms with Gasteiger partial charge in [0, 0.05) is 37.1 Å². The molecule has 2 aliphatic rings. The third kappa shape index (κ3) is 3.01. The van der Waals surface area contributed by atoms with E-state index in [1.165, 1.54) is 32.1 Å². The van der Waals surface area contributed by atoms with Gasteiger partial charge in [0.1, 0.15) is 0 Å². The molecule has 3 rings (SSSR count). The summed E-state index contributed by atoms with van der Waals surface area (Å²) in [6.07, 6.45) is 10.4. The Morgan fingerprint density at radius 1 is 1.20 bits per heavy atom. The summed E-state index contributed by atoms with van der Waals surface area (Å²) in [6.45, 7) is 6.37. The average molecular weight is 274 g/mol. The predicted octanol–water partition coefficient (Wildman–Crippen LogP) is 2.28. The number of nitrogens with one attached hydrogen (secondary N) is 1. The molecule has 2 bridgehead atoms. The molecule has 0 aliphatic carbocycles. The van der Waals surface area contributed by atoms with Gasteiger partial charge in [-0.15, -0.1) is 0 Å². The van der Waals surface area contributed by atoms with Gasteiger partial charge in [-0.1, -0.05) is 6.92 Å². The molecule has 0 aromatic carbocycles. The summed E-state index contributed by atoms with van der Waals surface area (Å²) in [7, 11) is 0. The van der Waals surface area contributed by atoms with E-state index in [1.807, 2.05) is 19.3 Å². The first-order valence-corrected chi connectivity index (χ1v) is 8.03. The standard InChI is InChI=1S/C16H26N4/c1-3-6-17-13-7-15-4-5-16(8-13)20(15)11-14-10-18-12(2)9-19-14/h9-10,13,15-17H,3-8,11H2,1-2H3. The van der Waals surface area contributed by atoms with Crippen LogP contribution in [-0.2, 0) is 6.54 Å². The van der Waals surface area contributed by atoms with Crippen LogP contribution in [0.4, 0.5) is 0 Å². The normalized spacial score (nSPS) is 29.8. The first-order valence-electron chi connectivity index (χ1n) is 8.03. The summed E-state index contributed by atoms with van der Waals surface area (Å²) in [5, 5.41) is 3.71. The number of fused-ring (bicyclic) bond motifs is 2. The molecule has 20 heavy (non-hydrogen) atoms. The second-order valence-corrected chi connectivity index (χ2v) is 6.33. The summed E-state index contributed by atoms with van der Waals surface area (Å²) in [4.78, 5) is 11.6. The van der Waals surface area contributed by atoms with E-state index in [9.17, 15) is 0 Å². The fourth-order valence-corrected chi connectivity index (χ4v) is 3.74. The molecule has 4 nitrogen and oxygen atoms in total. The molecule has 0 radical (unpaired) electrons. The van der Waals surface area contributed by atoms with Crippen LogP contribution in [0.3, 0.4) is 0 Å². The zero-order chi connectivity index (χ0) is 13.9. The molecular formula is C16H26N4. The van der Waals surface area contributed by atoms with Crippen molar-refractivity contribution in [3.8, 4) is 0 Å². The van der Waals surface area contributed by atoms with E-state index in [-0.39, 0.29) is 0 Å². The smallest absolute Gasteiger partial charge is 0.0727 e. The molecule has 2 saturated heterocycles. The molecule has 4 heteroatoms. The van der Waals surface area contributed by atoms with Gasteiger partial charge < -0.3 is 5.32 Å². The van der Waals surface area contributed by atoms with Gasteiger partial charge >= 0.3 is 0 Å². The first kappa shape index (κ1) is 14.0. The lowest BCUT2D eigenvalue weighted by atomic mass is 9.97. The maximum Gasteiger partial charge on any atom is 0.0727 e. The molecule has 3 heterocycles. The molecule has 1 aromatic heterocycles.